The number of para-hydroxylation sites is 1. The molecule has 5 heteroatoms. The molecule has 0 aliphatic rings. The van der Waals surface area contributed by atoms with Gasteiger partial charge < -0.3 is 19.9 Å². The lowest BCUT2D eigenvalue weighted by molar-refractivity contribution is -0.121. The quantitative estimate of drug-likeness (QED) is 0.542. The summed E-state index contributed by atoms with van der Waals surface area (Å²) in [7, 11) is 1.67. The molecule has 1 amide bonds. The van der Waals surface area contributed by atoms with E-state index >= 15 is 0 Å². The monoisotopic (exact) mass is 393 g/mol. The average molecular weight is 394 g/mol. The Morgan fingerprint density at radius 3 is 2.48 bits per heavy atom. The van der Waals surface area contributed by atoms with Crippen LogP contribution in [0.4, 0.5) is 0 Å². The number of hydrogen-bond acceptors (Lipinski definition) is 3. The molecule has 0 bridgehead atoms. The number of nitrogens with zero attached hydrogens (tertiary/aromatic N) is 1. The van der Waals surface area contributed by atoms with Crippen molar-refractivity contribution in [3.8, 4) is 17.0 Å². The minimum absolute atomic E-state index is 0.100. The molecule has 0 radical (unpaired) electrons. The van der Waals surface area contributed by atoms with E-state index in [1.165, 1.54) is 10.9 Å². The highest BCUT2D eigenvalue weighted by molar-refractivity contribution is 5.91. The molecule has 0 spiro atoms. The third kappa shape index (κ3) is 5.18. The molecule has 0 atom stereocenters. The summed E-state index contributed by atoms with van der Waals surface area (Å²) in [5, 5.41) is 4.23. The number of carbonyl (C=O) groups excluding carboxylic acids is 1. The second kappa shape index (κ2) is 10.1. The standard InChI is InChI=1S/C24H31N3O2/c1-4-27(5-2)17-16-25-23(28)15-14-21-20-8-6-7-9-22(20)26-24(21)18-10-12-19(29-3)13-11-18/h6-13,26H,4-5,14-17H2,1-3H3,(H,25,28). The molecule has 0 fully saturated rings. The fourth-order valence-corrected chi connectivity index (χ4v) is 3.68. The summed E-state index contributed by atoms with van der Waals surface area (Å²) in [4.78, 5) is 18.3. The van der Waals surface area contributed by atoms with Crippen LogP contribution in [-0.2, 0) is 11.2 Å². The van der Waals surface area contributed by atoms with Crippen LogP contribution in [0, 0.1) is 0 Å². The predicted octanol–water partition coefficient (Wildman–Crippen LogP) is 4.23. The van der Waals surface area contributed by atoms with Crippen molar-refractivity contribution in [3.05, 3.63) is 54.1 Å². The van der Waals surface area contributed by atoms with Gasteiger partial charge in [-0.15, -0.1) is 0 Å². The zero-order valence-electron chi connectivity index (χ0n) is 17.6. The van der Waals surface area contributed by atoms with E-state index in [1.807, 2.05) is 24.3 Å². The van der Waals surface area contributed by atoms with Gasteiger partial charge in [-0.05, 0) is 61.0 Å². The van der Waals surface area contributed by atoms with Gasteiger partial charge in [-0.1, -0.05) is 32.0 Å². The van der Waals surface area contributed by atoms with Crippen molar-refractivity contribution in [1.29, 1.82) is 0 Å². The van der Waals surface area contributed by atoms with Crippen molar-refractivity contribution < 1.29 is 9.53 Å². The molecule has 3 aromatic rings. The Morgan fingerprint density at radius 1 is 1.07 bits per heavy atom. The number of methoxy groups -OCH3 is 1. The summed E-state index contributed by atoms with van der Waals surface area (Å²) in [6.45, 7) is 7.88. The van der Waals surface area contributed by atoms with Gasteiger partial charge in [0.15, 0.2) is 0 Å². The van der Waals surface area contributed by atoms with Crippen molar-refractivity contribution in [2.24, 2.45) is 0 Å². The van der Waals surface area contributed by atoms with Crippen molar-refractivity contribution in [1.82, 2.24) is 15.2 Å². The third-order valence-corrected chi connectivity index (χ3v) is 5.44. The van der Waals surface area contributed by atoms with Gasteiger partial charge in [0.2, 0.25) is 5.91 Å². The van der Waals surface area contributed by atoms with Crippen LogP contribution in [0.3, 0.4) is 0 Å². The maximum Gasteiger partial charge on any atom is 0.220 e. The van der Waals surface area contributed by atoms with Crippen molar-refractivity contribution in [2.75, 3.05) is 33.3 Å². The Bertz CT molecular complexity index is 927. The van der Waals surface area contributed by atoms with Gasteiger partial charge in [-0.2, -0.15) is 0 Å². The van der Waals surface area contributed by atoms with E-state index in [4.69, 9.17) is 4.74 Å². The molecular weight excluding hydrogens is 362 g/mol. The van der Waals surface area contributed by atoms with E-state index in [9.17, 15) is 4.79 Å². The average Bonchev–Trinajstić information content (AvgIpc) is 3.14. The highest BCUT2D eigenvalue weighted by Crippen LogP contribution is 2.32. The van der Waals surface area contributed by atoms with E-state index in [0.717, 1.165) is 42.2 Å². The second-order valence-corrected chi connectivity index (χ2v) is 7.13. The SMILES string of the molecule is CCN(CC)CCNC(=O)CCc1c(-c2ccc(OC)cc2)[nH]c2ccccc12. The lowest BCUT2D eigenvalue weighted by Gasteiger charge is -2.17. The van der Waals surface area contributed by atoms with Crippen LogP contribution >= 0.6 is 0 Å². The number of H-pyrrole nitrogens is 1. The molecule has 0 saturated carbocycles. The van der Waals surface area contributed by atoms with Crippen LogP contribution in [0.2, 0.25) is 0 Å². The van der Waals surface area contributed by atoms with Crippen molar-refractivity contribution in [2.45, 2.75) is 26.7 Å². The zero-order valence-corrected chi connectivity index (χ0v) is 17.6. The summed E-state index contributed by atoms with van der Waals surface area (Å²) in [5.41, 5.74) is 4.45. The Labute approximate surface area is 173 Å². The first-order chi connectivity index (χ1) is 14.2. The Hall–Kier alpha value is -2.79. The van der Waals surface area contributed by atoms with E-state index in [-0.39, 0.29) is 5.91 Å². The maximum atomic E-state index is 12.4. The summed E-state index contributed by atoms with van der Waals surface area (Å²) < 4.78 is 5.28. The van der Waals surface area contributed by atoms with Gasteiger partial charge in [0.05, 0.1) is 7.11 Å². The fraction of sp³-hybridized carbons (Fsp3) is 0.375. The molecule has 5 nitrogen and oxygen atoms in total. The summed E-state index contributed by atoms with van der Waals surface area (Å²) in [6.07, 6.45) is 1.17. The van der Waals surface area contributed by atoms with Crippen molar-refractivity contribution >= 4 is 16.8 Å². The van der Waals surface area contributed by atoms with E-state index < -0.39 is 0 Å². The first-order valence-electron chi connectivity index (χ1n) is 10.4. The topological polar surface area (TPSA) is 57.4 Å². The van der Waals surface area contributed by atoms with Crippen LogP contribution in [-0.4, -0.2) is 49.1 Å². The maximum absolute atomic E-state index is 12.4. The summed E-state index contributed by atoms with van der Waals surface area (Å²) in [5.74, 6) is 0.933. The minimum Gasteiger partial charge on any atom is -0.497 e. The van der Waals surface area contributed by atoms with Crippen molar-refractivity contribution in [3.63, 3.8) is 0 Å². The first kappa shape index (κ1) is 20.9. The third-order valence-electron chi connectivity index (χ3n) is 5.44. The summed E-state index contributed by atoms with van der Waals surface area (Å²) in [6, 6.07) is 16.3. The minimum atomic E-state index is 0.100. The molecule has 1 aromatic heterocycles. The van der Waals surface area contributed by atoms with Crippen LogP contribution in [0.5, 0.6) is 5.75 Å². The van der Waals surface area contributed by atoms with Gasteiger partial charge in [-0.3, -0.25) is 4.79 Å². The number of likely N-dealkylation sites (N-methyl/N-ethyl adjacent to an activating group) is 1. The molecule has 0 saturated heterocycles. The number of rotatable bonds is 10. The van der Waals surface area contributed by atoms with Crippen LogP contribution in [0.1, 0.15) is 25.8 Å². The van der Waals surface area contributed by atoms with Gasteiger partial charge in [-0.25, -0.2) is 0 Å². The highest BCUT2D eigenvalue weighted by atomic mass is 16.5. The zero-order chi connectivity index (χ0) is 20.6. The lowest BCUT2D eigenvalue weighted by Crippen LogP contribution is -2.34. The van der Waals surface area contributed by atoms with Gasteiger partial charge in [0.25, 0.3) is 0 Å². The van der Waals surface area contributed by atoms with Crippen LogP contribution in [0.15, 0.2) is 48.5 Å². The number of amides is 1. The second-order valence-electron chi connectivity index (χ2n) is 7.13. The van der Waals surface area contributed by atoms with Gasteiger partial charge >= 0.3 is 0 Å². The number of aryl methyl sites for hydroxylation is 1. The molecule has 2 N–H and O–H groups in total. The van der Waals surface area contributed by atoms with E-state index in [1.54, 1.807) is 7.11 Å². The normalized spacial score (nSPS) is 11.2. The molecule has 0 unspecified atom stereocenters. The predicted molar refractivity (Wildman–Crippen MR) is 119 cm³/mol. The number of aromatic amines is 1. The van der Waals surface area contributed by atoms with Crippen LogP contribution in [0.25, 0.3) is 22.2 Å². The highest BCUT2D eigenvalue weighted by Gasteiger charge is 2.14. The number of nitrogens with one attached hydrogen (secondary N) is 2. The summed E-state index contributed by atoms with van der Waals surface area (Å²) >= 11 is 0. The molecule has 29 heavy (non-hydrogen) atoms. The number of hydrogen-bond donors (Lipinski definition) is 2. The molecule has 0 aliphatic heterocycles. The number of carbonyl (C=O) groups is 1. The molecule has 0 aliphatic carbocycles. The fourth-order valence-electron chi connectivity index (χ4n) is 3.68. The molecule has 1 heterocycles. The molecular formula is C24H31N3O2. The van der Waals surface area contributed by atoms with E-state index in [2.05, 4.69) is 53.3 Å². The Kier molecular flexibility index (Phi) is 7.30. The Morgan fingerprint density at radius 2 is 1.79 bits per heavy atom. The molecule has 154 valence electrons. The van der Waals surface area contributed by atoms with Gasteiger partial charge in [0, 0.05) is 36.1 Å². The van der Waals surface area contributed by atoms with Crippen LogP contribution < -0.4 is 10.1 Å². The molecule has 3 rings (SSSR count). The lowest BCUT2D eigenvalue weighted by atomic mass is 10.0. The number of ether oxygens (including phenoxy) is 1. The van der Waals surface area contributed by atoms with Gasteiger partial charge in [0.1, 0.15) is 5.75 Å². The number of benzene rings is 2. The Balaban J connectivity index is 1.73. The number of aromatic nitrogens is 1. The number of fused-ring (bicyclic) bond motifs is 1. The largest absolute Gasteiger partial charge is 0.497 e. The smallest absolute Gasteiger partial charge is 0.220 e. The van der Waals surface area contributed by atoms with E-state index in [0.29, 0.717) is 19.4 Å². The molecule has 2 aromatic carbocycles. The first-order valence-corrected chi connectivity index (χ1v) is 10.4.